The summed E-state index contributed by atoms with van der Waals surface area (Å²) in [5, 5.41) is 7.38. The SMILES string of the molecule is Cl.O=C(Nc1ccc([C@@H]2C[C@H]2NCC2CC2)cc1)c1ccc(-c2ccccc2Cl)cc1. The normalized spacial score (nSPS) is 19.4. The van der Waals surface area contributed by atoms with E-state index in [0.717, 1.165) is 22.7 Å². The van der Waals surface area contributed by atoms with E-state index in [1.807, 2.05) is 60.7 Å². The number of halogens is 2. The molecule has 2 aliphatic rings. The van der Waals surface area contributed by atoms with Crippen LogP contribution in [0.15, 0.2) is 72.8 Å². The molecule has 0 saturated heterocycles. The number of carbonyl (C=O) groups excluding carboxylic acids is 1. The van der Waals surface area contributed by atoms with Crippen molar-refractivity contribution in [2.75, 3.05) is 11.9 Å². The van der Waals surface area contributed by atoms with Crippen molar-refractivity contribution in [2.45, 2.75) is 31.2 Å². The fourth-order valence-corrected chi connectivity index (χ4v) is 4.19. The van der Waals surface area contributed by atoms with Gasteiger partial charge in [-0.25, -0.2) is 0 Å². The Morgan fingerprint density at radius 2 is 1.65 bits per heavy atom. The van der Waals surface area contributed by atoms with Gasteiger partial charge in [-0.1, -0.05) is 54.1 Å². The van der Waals surface area contributed by atoms with E-state index >= 15 is 0 Å². The number of carbonyl (C=O) groups is 1. The van der Waals surface area contributed by atoms with E-state index in [-0.39, 0.29) is 18.3 Å². The second kappa shape index (κ2) is 9.44. The van der Waals surface area contributed by atoms with Crippen LogP contribution >= 0.6 is 24.0 Å². The molecule has 2 fully saturated rings. The lowest BCUT2D eigenvalue weighted by molar-refractivity contribution is 0.102. The summed E-state index contributed by atoms with van der Waals surface area (Å²) in [4.78, 5) is 12.6. The van der Waals surface area contributed by atoms with E-state index in [2.05, 4.69) is 22.8 Å². The highest BCUT2D eigenvalue weighted by Crippen LogP contribution is 2.42. The Balaban J connectivity index is 0.00000231. The van der Waals surface area contributed by atoms with E-state index in [0.29, 0.717) is 22.5 Å². The second-order valence-corrected chi connectivity index (χ2v) is 8.84. The van der Waals surface area contributed by atoms with Gasteiger partial charge in [0.1, 0.15) is 0 Å². The monoisotopic (exact) mass is 452 g/mol. The molecule has 3 aromatic carbocycles. The van der Waals surface area contributed by atoms with Crippen LogP contribution in [0.2, 0.25) is 5.02 Å². The minimum Gasteiger partial charge on any atom is -0.322 e. The molecular weight excluding hydrogens is 427 g/mol. The van der Waals surface area contributed by atoms with Gasteiger partial charge in [0.25, 0.3) is 5.91 Å². The van der Waals surface area contributed by atoms with E-state index in [9.17, 15) is 4.79 Å². The topological polar surface area (TPSA) is 41.1 Å². The number of rotatable bonds is 7. The average Bonchev–Trinajstić information content (AvgIpc) is 3.68. The lowest BCUT2D eigenvalue weighted by Gasteiger charge is -2.09. The highest BCUT2D eigenvalue weighted by Gasteiger charge is 2.38. The smallest absolute Gasteiger partial charge is 0.255 e. The van der Waals surface area contributed by atoms with Crippen LogP contribution in [0.5, 0.6) is 0 Å². The van der Waals surface area contributed by atoms with Crippen LogP contribution in [0.3, 0.4) is 0 Å². The Hall–Kier alpha value is -2.33. The summed E-state index contributed by atoms with van der Waals surface area (Å²) in [7, 11) is 0. The van der Waals surface area contributed by atoms with Crippen LogP contribution in [0, 0.1) is 5.92 Å². The molecule has 31 heavy (non-hydrogen) atoms. The van der Waals surface area contributed by atoms with Crippen molar-refractivity contribution in [3.8, 4) is 11.1 Å². The standard InChI is InChI=1S/C26H25ClN2O.ClH/c27-24-4-2-1-3-22(24)18-7-9-20(10-8-18)26(30)29-21-13-11-19(12-14-21)23-15-25(23)28-16-17-5-6-17;/h1-4,7-14,17,23,25,28H,5-6,15-16H2,(H,29,30);1H/t23-,25+;/m0./s1. The van der Waals surface area contributed by atoms with Gasteiger partial charge in [0.05, 0.1) is 0 Å². The zero-order valence-corrected chi connectivity index (χ0v) is 18.8. The van der Waals surface area contributed by atoms with Crippen molar-refractivity contribution >= 4 is 35.6 Å². The van der Waals surface area contributed by atoms with Crippen molar-refractivity contribution in [2.24, 2.45) is 5.92 Å². The van der Waals surface area contributed by atoms with Crippen molar-refractivity contribution < 1.29 is 4.79 Å². The van der Waals surface area contributed by atoms with Gasteiger partial charge in [0.15, 0.2) is 0 Å². The zero-order valence-electron chi connectivity index (χ0n) is 17.2. The molecule has 3 nitrogen and oxygen atoms in total. The minimum absolute atomic E-state index is 0. The summed E-state index contributed by atoms with van der Waals surface area (Å²) in [5.41, 5.74) is 4.76. The first-order valence-corrected chi connectivity index (χ1v) is 11.0. The summed E-state index contributed by atoms with van der Waals surface area (Å²) < 4.78 is 0. The summed E-state index contributed by atoms with van der Waals surface area (Å²) >= 11 is 6.27. The van der Waals surface area contributed by atoms with Crippen LogP contribution in [0.1, 0.15) is 41.1 Å². The van der Waals surface area contributed by atoms with Crippen LogP contribution < -0.4 is 10.6 Å². The number of benzene rings is 3. The number of anilines is 1. The Labute approximate surface area is 194 Å². The molecule has 0 radical (unpaired) electrons. The summed E-state index contributed by atoms with van der Waals surface area (Å²) in [6, 6.07) is 24.2. The zero-order chi connectivity index (χ0) is 20.5. The average molecular weight is 453 g/mol. The molecule has 5 rings (SSSR count). The van der Waals surface area contributed by atoms with Gasteiger partial charge in [0.2, 0.25) is 0 Å². The lowest BCUT2D eigenvalue weighted by Crippen LogP contribution is -2.20. The Morgan fingerprint density at radius 3 is 2.32 bits per heavy atom. The highest BCUT2D eigenvalue weighted by atomic mass is 35.5. The predicted molar refractivity (Wildman–Crippen MR) is 130 cm³/mol. The van der Waals surface area contributed by atoms with Crippen molar-refractivity contribution in [3.63, 3.8) is 0 Å². The fraction of sp³-hybridized carbons (Fsp3) is 0.269. The third kappa shape index (κ3) is 5.30. The molecule has 2 N–H and O–H groups in total. The molecule has 0 spiro atoms. The quantitative estimate of drug-likeness (QED) is 0.427. The molecule has 2 atom stereocenters. The third-order valence-corrected chi connectivity index (χ3v) is 6.41. The molecule has 5 heteroatoms. The van der Waals surface area contributed by atoms with E-state index in [1.165, 1.54) is 31.4 Å². The van der Waals surface area contributed by atoms with Crippen molar-refractivity contribution in [1.82, 2.24) is 5.32 Å². The molecule has 0 bridgehead atoms. The van der Waals surface area contributed by atoms with E-state index in [1.54, 1.807) is 0 Å². The van der Waals surface area contributed by atoms with Gasteiger partial charge in [-0.15, -0.1) is 12.4 Å². The first-order valence-electron chi connectivity index (χ1n) is 10.7. The summed E-state index contributed by atoms with van der Waals surface area (Å²) in [5.74, 6) is 1.43. The fourth-order valence-electron chi connectivity index (χ4n) is 3.94. The molecule has 2 saturated carbocycles. The molecular formula is C26H26Cl2N2O. The van der Waals surface area contributed by atoms with Crippen LogP contribution in [0.25, 0.3) is 11.1 Å². The number of hydrogen-bond donors (Lipinski definition) is 2. The highest BCUT2D eigenvalue weighted by molar-refractivity contribution is 6.33. The second-order valence-electron chi connectivity index (χ2n) is 8.43. The van der Waals surface area contributed by atoms with Crippen LogP contribution in [0.4, 0.5) is 5.69 Å². The molecule has 0 unspecified atom stereocenters. The summed E-state index contributed by atoms with van der Waals surface area (Å²) in [6.07, 6.45) is 4.00. The Kier molecular flexibility index (Phi) is 6.66. The van der Waals surface area contributed by atoms with Gasteiger partial charge in [-0.05, 0) is 73.2 Å². The molecule has 0 heterocycles. The van der Waals surface area contributed by atoms with E-state index < -0.39 is 0 Å². The number of nitrogens with one attached hydrogen (secondary N) is 2. The maximum absolute atomic E-state index is 12.6. The predicted octanol–water partition coefficient (Wildman–Crippen LogP) is 6.54. The first kappa shape index (κ1) is 21.9. The maximum atomic E-state index is 12.6. The lowest BCUT2D eigenvalue weighted by atomic mass is 10.0. The van der Waals surface area contributed by atoms with Crippen LogP contribution in [-0.4, -0.2) is 18.5 Å². The molecule has 3 aromatic rings. The van der Waals surface area contributed by atoms with Crippen molar-refractivity contribution in [1.29, 1.82) is 0 Å². The molecule has 1 amide bonds. The number of hydrogen-bond acceptors (Lipinski definition) is 2. The van der Waals surface area contributed by atoms with Gasteiger partial charge < -0.3 is 10.6 Å². The minimum atomic E-state index is -0.108. The van der Waals surface area contributed by atoms with Gasteiger partial charge in [-0.3, -0.25) is 4.79 Å². The van der Waals surface area contributed by atoms with Gasteiger partial charge >= 0.3 is 0 Å². The first-order chi connectivity index (χ1) is 14.7. The molecule has 0 aliphatic heterocycles. The van der Waals surface area contributed by atoms with Gasteiger partial charge in [-0.2, -0.15) is 0 Å². The Bertz CT molecular complexity index is 1050. The Morgan fingerprint density at radius 1 is 0.935 bits per heavy atom. The van der Waals surface area contributed by atoms with E-state index in [4.69, 9.17) is 11.6 Å². The largest absolute Gasteiger partial charge is 0.322 e. The number of amides is 1. The van der Waals surface area contributed by atoms with Crippen LogP contribution in [-0.2, 0) is 0 Å². The molecule has 160 valence electrons. The third-order valence-electron chi connectivity index (χ3n) is 6.08. The molecule has 2 aliphatic carbocycles. The summed E-state index contributed by atoms with van der Waals surface area (Å²) in [6.45, 7) is 1.17. The maximum Gasteiger partial charge on any atom is 0.255 e. The molecule has 0 aromatic heterocycles. The van der Waals surface area contributed by atoms with Crippen molar-refractivity contribution in [3.05, 3.63) is 88.9 Å². The van der Waals surface area contributed by atoms with Gasteiger partial charge in [0, 0.05) is 33.8 Å².